The van der Waals surface area contributed by atoms with E-state index in [1.807, 2.05) is 19.1 Å². The second-order valence-electron chi connectivity index (χ2n) is 9.24. The lowest BCUT2D eigenvalue weighted by Crippen LogP contribution is -2.68. The number of aryl methyl sites for hydroxylation is 1. The van der Waals surface area contributed by atoms with Crippen LogP contribution in [0.1, 0.15) is 49.4 Å². The van der Waals surface area contributed by atoms with Crippen LogP contribution in [0.2, 0.25) is 0 Å². The first-order chi connectivity index (χ1) is 15.0. The molecule has 0 aliphatic heterocycles. The standard InChI is InChI=1S/C21H24FN7O2/c1-11-4-16-19(23-2-3-29(16)28-11)24-18-7-15(26-27-18)13-5-14(22)17(6-13)31-20(30)25-21-8-12(9-21)10-21/h2-4,7,12-14,17H,5-6,8-10H2,1H3,(H,25,30)(H2,23,24,26,27)/t12?,13-,14+,17-,21?/m0/s1. The van der Waals surface area contributed by atoms with E-state index in [1.54, 1.807) is 16.9 Å². The molecule has 1 amide bonds. The Labute approximate surface area is 177 Å². The molecule has 3 aromatic rings. The molecule has 0 saturated heterocycles. The summed E-state index contributed by atoms with van der Waals surface area (Å²) in [5.74, 6) is 1.90. The van der Waals surface area contributed by atoms with Crippen LogP contribution in [0, 0.1) is 12.8 Å². The SMILES string of the molecule is Cc1cc2c(Nc3cc([C@H]4C[C@@H](F)[C@@H](OC(=O)NC56CC(C5)C6)C4)[nH]n3)nccn2n1. The van der Waals surface area contributed by atoms with E-state index in [1.165, 1.54) is 0 Å². The molecule has 0 aromatic carbocycles. The Bertz CT molecular complexity index is 1140. The van der Waals surface area contributed by atoms with E-state index < -0.39 is 18.4 Å². The van der Waals surface area contributed by atoms with Gasteiger partial charge in [0.15, 0.2) is 11.6 Å². The van der Waals surface area contributed by atoms with Crippen molar-refractivity contribution < 1.29 is 13.9 Å². The minimum atomic E-state index is -1.19. The zero-order chi connectivity index (χ0) is 21.2. The predicted octanol–water partition coefficient (Wildman–Crippen LogP) is 3.37. The topological polar surface area (TPSA) is 109 Å². The molecule has 4 fully saturated rings. The molecule has 3 heterocycles. The van der Waals surface area contributed by atoms with Crippen LogP contribution < -0.4 is 10.6 Å². The van der Waals surface area contributed by atoms with Crippen molar-refractivity contribution >= 4 is 23.2 Å². The molecule has 162 valence electrons. The number of hydrogen-bond acceptors (Lipinski definition) is 6. The maximum Gasteiger partial charge on any atom is 0.407 e. The summed E-state index contributed by atoms with van der Waals surface area (Å²) in [5.41, 5.74) is 2.48. The Morgan fingerprint density at radius 3 is 2.94 bits per heavy atom. The van der Waals surface area contributed by atoms with Crippen molar-refractivity contribution in [2.24, 2.45) is 5.92 Å². The fourth-order valence-electron chi connectivity index (χ4n) is 5.21. The number of aromatic amines is 1. The number of alkyl carbamates (subject to hydrolysis) is 1. The Morgan fingerprint density at radius 1 is 1.32 bits per heavy atom. The van der Waals surface area contributed by atoms with Crippen LogP contribution >= 0.6 is 0 Å². The molecule has 2 bridgehead atoms. The van der Waals surface area contributed by atoms with E-state index in [2.05, 4.69) is 30.9 Å². The van der Waals surface area contributed by atoms with Gasteiger partial charge in [0.25, 0.3) is 0 Å². The number of nitrogens with zero attached hydrogens (tertiary/aromatic N) is 4. The van der Waals surface area contributed by atoms with Crippen molar-refractivity contribution in [1.29, 1.82) is 0 Å². The quantitative estimate of drug-likeness (QED) is 0.578. The highest BCUT2D eigenvalue weighted by Crippen LogP contribution is 2.57. The number of carbonyl (C=O) groups is 1. The number of carbonyl (C=O) groups excluding carboxylic acids is 1. The fourth-order valence-corrected chi connectivity index (χ4v) is 5.21. The van der Waals surface area contributed by atoms with Crippen LogP contribution in [0.4, 0.5) is 20.8 Å². The van der Waals surface area contributed by atoms with E-state index in [0.717, 1.165) is 42.1 Å². The minimum Gasteiger partial charge on any atom is -0.443 e. The van der Waals surface area contributed by atoms with Crippen molar-refractivity contribution in [1.82, 2.24) is 30.1 Å². The fraction of sp³-hybridized carbons (Fsp3) is 0.524. The van der Waals surface area contributed by atoms with E-state index in [0.29, 0.717) is 24.5 Å². The number of hydrogen-bond donors (Lipinski definition) is 3. The number of anilines is 2. The number of alkyl halides is 1. The zero-order valence-electron chi connectivity index (χ0n) is 17.1. The molecule has 9 nitrogen and oxygen atoms in total. The lowest BCUT2D eigenvalue weighted by atomic mass is 9.50. The first kappa shape index (κ1) is 18.6. The van der Waals surface area contributed by atoms with Gasteiger partial charge in [-0.1, -0.05) is 0 Å². The average Bonchev–Trinajstić information content (AvgIpc) is 3.36. The largest absolute Gasteiger partial charge is 0.443 e. The summed E-state index contributed by atoms with van der Waals surface area (Å²) in [6, 6.07) is 3.80. The number of amides is 1. The van der Waals surface area contributed by atoms with E-state index >= 15 is 0 Å². The molecule has 4 aliphatic rings. The molecular formula is C21H24FN7O2. The Balaban J connectivity index is 1.10. The van der Waals surface area contributed by atoms with Gasteiger partial charge in [0.05, 0.1) is 5.69 Å². The van der Waals surface area contributed by atoms with Crippen LogP contribution in [0.25, 0.3) is 5.52 Å². The maximum atomic E-state index is 14.6. The van der Waals surface area contributed by atoms with Gasteiger partial charge in [-0.2, -0.15) is 10.2 Å². The first-order valence-corrected chi connectivity index (χ1v) is 10.7. The number of ether oxygens (including phenoxy) is 1. The lowest BCUT2D eigenvalue weighted by molar-refractivity contribution is -0.0530. The van der Waals surface area contributed by atoms with Gasteiger partial charge in [0.1, 0.15) is 17.8 Å². The third kappa shape index (κ3) is 3.21. The van der Waals surface area contributed by atoms with Gasteiger partial charge in [0.2, 0.25) is 0 Å². The normalized spacial score (nSPS) is 31.2. The zero-order valence-corrected chi connectivity index (χ0v) is 17.1. The highest BCUT2D eigenvalue weighted by atomic mass is 19.1. The molecule has 10 heteroatoms. The summed E-state index contributed by atoms with van der Waals surface area (Å²) in [7, 11) is 0. The third-order valence-corrected chi connectivity index (χ3v) is 6.89. The highest BCUT2D eigenvalue weighted by molar-refractivity contribution is 5.72. The predicted molar refractivity (Wildman–Crippen MR) is 110 cm³/mol. The molecule has 4 saturated carbocycles. The van der Waals surface area contributed by atoms with Gasteiger partial charge < -0.3 is 15.4 Å². The monoisotopic (exact) mass is 425 g/mol. The van der Waals surface area contributed by atoms with Gasteiger partial charge in [0, 0.05) is 35.6 Å². The second kappa shape index (κ2) is 6.66. The molecule has 3 aromatic heterocycles. The highest BCUT2D eigenvalue weighted by Gasteiger charge is 2.58. The van der Waals surface area contributed by atoms with Crippen molar-refractivity contribution in [3.63, 3.8) is 0 Å². The lowest BCUT2D eigenvalue weighted by Gasteiger charge is -2.61. The smallest absolute Gasteiger partial charge is 0.407 e. The summed E-state index contributed by atoms with van der Waals surface area (Å²) in [6.45, 7) is 1.92. The number of nitrogens with one attached hydrogen (secondary N) is 3. The van der Waals surface area contributed by atoms with Crippen LogP contribution in [-0.2, 0) is 4.74 Å². The van der Waals surface area contributed by atoms with Crippen molar-refractivity contribution in [2.45, 2.75) is 62.8 Å². The molecular weight excluding hydrogens is 401 g/mol. The molecule has 3 N–H and O–H groups in total. The number of H-pyrrole nitrogens is 1. The molecule has 3 atom stereocenters. The molecule has 0 radical (unpaired) electrons. The summed E-state index contributed by atoms with van der Waals surface area (Å²) >= 11 is 0. The van der Waals surface area contributed by atoms with Crippen molar-refractivity contribution in [3.8, 4) is 0 Å². The summed E-state index contributed by atoms with van der Waals surface area (Å²) in [6.07, 6.45) is 4.85. The number of rotatable bonds is 5. The van der Waals surface area contributed by atoms with Crippen LogP contribution in [-0.4, -0.2) is 48.7 Å². The van der Waals surface area contributed by atoms with E-state index in [9.17, 15) is 9.18 Å². The molecule has 0 spiro atoms. The van der Waals surface area contributed by atoms with Crippen LogP contribution in [0.3, 0.4) is 0 Å². The van der Waals surface area contributed by atoms with E-state index in [4.69, 9.17) is 4.74 Å². The number of aromatic nitrogens is 5. The summed E-state index contributed by atoms with van der Waals surface area (Å²) < 4.78 is 21.8. The van der Waals surface area contributed by atoms with Crippen LogP contribution in [0.15, 0.2) is 24.5 Å². The second-order valence-corrected chi connectivity index (χ2v) is 9.24. The van der Waals surface area contributed by atoms with Gasteiger partial charge in [-0.3, -0.25) is 5.10 Å². The molecule has 7 rings (SSSR count). The molecule has 31 heavy (non-hydrogen) atoms. The van der Waals surface area contributed by atoms with Crippen molar-refractivity contribution in [3.05, 3.63) is 35.9 Å². The molecule has 4 aliphatic carbocycles. The Morgan fingerprint density at radius 2 is 2.16 bits per heavy atom. The first-order valence-electron chi connectivity index (χ1n) is 10.7. The maximum absolute atomic E-state index is 14.6. The third-order valence-electron chi connectivity index (χ3n) is 6.89. The van der Waals surface area contributed by atoms with Gasteiger partial charge in [-0.25, -0.2) is 18.7 Å². The van der Waals surface area contributed by atoms with Gasteiger partial charge >= 0.3 is 6.09 Å². The number of fused-ring (bicyclic) bond motifs is 1. The summed E-state index contributed by atoms with van der Waals surface area (Å²) in [4.78, 5) is 16.6. The summed E-state index contributed by atoms with van der Waals surface area (Å²) in [5, 5.41) is 17.8. The van der Waals surface area contributed by atoms with Crippen LogP contribution in [0.5, 0.6) is 0 Å². The van der Waals surface area contributed by atoms with E-state index in [-0.39, 0.29) is 11.5 Å². The Kier molecular flexibility index (Phi) is 4.00. The molecule has 0 unspecified atom stereocenters. The number of halogens is 1. The van der Waals surface area contributed by atoms with Gasteiger partial charge in [-0.15, -0.1) is 0 Å². The minimum absolute atomic E-state index is 0.0690. The Hall–Kier alpha value is -3.17. The van der Waals surface area contributed by atoms with Gasteiger partial charge in [-0.05, 0) is 51.0 Å². The van der Waals surface area contributed by atoms with Crippen molar-refractivity contribution in [2.75, 3.05) is 5.32 Å². The average molecular weight is 425 g/mol.